The van der Waals surface area contributed by atoms with Crippen LogP contribution in [0.4, 0.5) is 11.4 Å². The molecule has 0 aliphatic heterocycles. The molecule has 0 saturated carbocycles. The molecule has 6 heteroatoms. The van der Waals surface area contributed by atoms with Gasteiger partial charge in [0.25, 0.3) is 0 Å². The smallest absolute Gasteiger partial charge is 0.240 e. The molecular weight excluding hydrogens is 375 g/mol. The van der Waals surface area contributed by atoms with Crippen molar-refractivity contribution in [2.75, 3.05) is 12.4 Å². The molecule has 100 valence electrons. The number of nitrogens with one attached hydrogen (secondary N) is 2. The van der Waals surface area contributed by atoms with Crippen molar-refractivity contribution < 1.29 is 8.42 Å². The predicted molar refractivity (Wildman–Crippen MR) is 85.1 cm³/mol. The molecular formula is C13H13IN2O2S. The summed E-state index contributed by atoms with van der Waals surface area (Å²) in [7, 11) is -1.98. The van der Waals surface area contributed by atoms with Gasteiger partial charge in [0, 0.05) is 14.9 Å². The molecule has 0 spiro atoms. The molecule has 2 N–H and O–H groups in total. The number of benzene rings is 2. The Morgan fingerprint density at radius 1 is 0.895 bits per heavy atom. The molecule has 2 rings (SSSR count). The van der Waals surface area contributed by atoms with Gasteiger partial charge in [0.2, 0.25) is 10.0 Å². The highest BCUT2D eigenvalue weighted by Gasteiger charge is 2.10. The maximum absolute atomic E-state index is 11.6. The lowest BCUT2D eigenvalue weighted by Crippen LogP contribution is -2.18. The van der Waals surface area contributed by atoms with Gasteiger partial charge in [-0.25, -0.2) is 13.1 Å². The van der Waals surface area contributed by atoms with Gasteiger partial charge in [-0.3, -0.25) is 0 Å². The summed E-state index contributed by atoms with van der Waals surface area (Å²) in [4.78, 5) is 0.253. The highest BCUT2D eigenvalue weighted by atomic mass is 127. The van der Waals surface area contributed by atoms with Crippen LogP contribution in [0.5, 0.6) is 0 Å². The number of anilines is 2. The summed E-state index contributed by atoms with van der Waals surface area (Å²) in [6.07, 6.45) is 0. The summed E-state index contributed by atoms with van der Waals surface area (Å²) in [6.45, 7) is 0. The van der Waals surface area contributed by atoms with Crippen LogP contribution in [0.3, 0.4) is 0 Å². The third-order valence-electron chi connectivity index (χ3n) is 2.57. The van der Waals surface area contributed by atoms with Crippen LogP contribution in [0.1, 0.15) is 0 Å². The van der Waals surface area contributed by atoms with Crippen LogP contribution in [-0.2, 0) is 10.0 Å². The van der Waals surface area contributed by atoms with Crippen molar-refractivity contribution in [1.82, 2.24) is 4.72 Å². The summed E-state index contributed by atoms with van der Waals surface area (Å²) in [5.41, 5.74) is 1.81. The van der Waals surface area contributed by atoms with Crippen molar-refractivity contribution in [3.63, 3.8) is 0 Å². The highest BCUT2D eigenvalue weighted by molar-refractivity contribution is 14.1. The second-order valence-corrected chi connectivity index (χ2v) is 7.00. The first kappa shape index (κ1) is 14.3. The zero-order valence-electron chi connectivity index (χ0n) is 10.2. The van der Waals surface area contributed by atoms with Gasteiger partial charge in [0.05, 0.1) is 4.90 Å². The van der Waals surface area contributed by atoms with E-state index in [0.717, 1.165) is 11.4 Å². The fourth-order valence-electron chi connectivity index (χ4n) is 1.54. The molecule has 0 aliphatic carbocycles. The normalized spacial score (nSPS) is 11.3. The lowest BCUT2D eigenvalue weighted by Gasteiger charge is -2.08. The second-order valence-electron chi connectivity index (χ2n) is 3.86. The van der Waals surface area contributed by atoms with Gasteiger partial charge in [0.15, 0.2) is 0 Å². The van der Waals surface area contributed by atoms with Crippen molar-refractivity contribution in [2.45, 2.75) is 4.90 Å². The van der Waals surface area contributed by atoms with Crippen molar-refractivity contribution in [3.8, 4) is 0 Å². The Kier molecular flexibility index (Phi) is 4.43. The standard InChI is InChI=1S/C13H13IN2O2S/c1-15-19(17,18)13-8-6-12(7-9-13)16-11-4-2-10(14)3-5-11/h2-9,15-16H,1H3. The molecule has 2 aromatic carbocycles. The van der Waals surface area contributed by atoms with E-state index in [9.17, 15) is 8.42 Å². The van der Waals surface area contributed by atoms with Crippen LogP contribution in [0.25, 0.3) is 0 Å². The maximum Gasteiger partial charge on any atom is 0.240 e. The molecule has 0 radical (unpaired) electrons. The van der Waals surface area contributed by atoms with E-state index in [-0.39, 0.29) is 4.90 Å². The first-order valence-corrected chi connectivity index (χ1v) is 8.14. The van der Waals surface area contributed by atoms with Crippen LogP contribution in [0.15, 0.2) is 53.4 Å². The van der Waals surface area contributed by atoms with E-state index < -0.39 is 10.0 Å². The summed E-state index contributed by atoms with van der Waals surface area (Å²) < 4.78 is 26.6. The molecule has 2 aromatic rings. The summed E-state index contributed by atoms with van der Waals surface area (Å²) in [5, 5.41) is 3.21. The zero-order valence-corrected chi connectivity index (χ0v) is 13.2. The van der Waals surface area contributed by atoms with Crippen LogP contribution >= 0.6 is 22.6 Å². The maximum atomic E-state index is 11.6. The summed E-state index contributed by atoms with van der Waals surface area (Å²) in [6, 6.07) is 14.6. The highest BCUT2D eigenvalue weighted by Crippen LogP contribution is 2.19. The van der Waals surface area contributed by atoms with Gasteiger partial charge in [-0.05, 0) is 78.2 Å². The van der Waals surface area contributed by atoms with Gasteiger partial charge >= 0.3 is 0 Å². The van der Waals surface area contributed by atoms with E-state index >= 15 is 0 Å². The van der Waals surface area contributed by atoms with Crippen LogP contribution < -0.4 is 10.0 Å². The van der Waals surface area contributed by atoms with E-state index in [1.54, 1.807) is 24.3 Å². The lowest BCUT2D eigenvalue weighted by atomic mass is 10.3. The lowest BCUT2D eigenvalue weighted by molar-refractivity contribution is 0.588. The van der Waals surface area contributed by atoms with Gasteiger partial charge in [-0.15, -0.1) is 0 Å². The first-order chi connectivity index (χ1) is 9.01. The van der Waals surface area contributed by atoms with Gasteiger partial charge in [0.1, 0.15) is 0 Å². The van der Waals surface area contributed by atoms with Crippen LogP contribution in [-0.4, -0.2) is 15.5 Å². The van der Waals surface area contributed by atoms with Crippen LogP contribution in [0.2, 0.25) is 0 Å². The number of halogens is 1. The Hall–Kier alpha value is -1.12. The molecule has 0 bridgehead atoms. The third-order valence-corrected chi connectivity index (χ3v) is 4.72. The molecule has 0 heterocycles. The van der Waals surface area contributed by atoms with Crippen molar-refractivity contribution in [1.29, 1.82) is 0 Å². The quantitative estimate of drug-likeness (QED) is 0.792. The Labute approximate surface area is 126 Å². The Bertz CT molecular complexity index is 652. The Morgan fingerprint density at radius 3 is 1.84 bits per heavy atom. The van der Waals surface area contributed by atoms with E-state index in [1.807, 2.05) is 24.3 Å². The minimum absolute atomic E-state index is 0.253. The molecule has 0 aliphatic rings. The van der Waals surface area contributed by atoms with E-state index in [0.29, 0.717) is 0 Å². The Balaban J connectivity index is 2.17. The molecule has 0 fully saturated rings. The van der Waals surface area contributed by atoms with Crippen molar-refractivity contribution in [2.24, 2.45) is 0 Å². The number of rotatable bonds is 4. The number of hydrogen-bond acceptors (Lipinski definition) is 3. The molecule has 0 unspecified atom stereocenters. The zero-order chi connectivity index (χ0) is 13.9. The largest absolute Gasteiger partial charge is 0.356 e. The first-order valence-electron chi connectivity index (χ1n) is 5.57. The molecule has 0 aromatic heterocycles. The second kappa shape index (κ2) is 5.89. The van der Waals surface area contributed by atoms with E-state index in [4.69, 9.17) is 0 Å². The van der Waals surface area contributed by atoms with E-state index in [2.05, 4.69) is 32.6 Å². The fraction of sp³-hybridized carbons (Fsp3) is 0.0769. The number of sulfonamides is 1. The molecule has 0 saturated heterocycles. The Morgan fingerprint density at radius 2 is 1.37 bits per heavy atom. The van der Waals surface area contributed by atoms with Gasteiger partial charge < -0.3 is 5.32 Å². The van der Waals surface area contributed by atoms with Crippen molar-refractivity contribution >= 4 is 44.0 Å². The predicted octanol–water partition coefficient (Wildman–Crippen LogP) is 2.94. The fourth-order valence-corrected chi connectivity index (χ4v) is 2.62. The van der Waals surface area contributed by atoms with E-state index in [1.165, 1.54) is 10.6 Å². The monoisotopic (exact) mass is 388 g/mol. The minimum atomic E-state index is -3.37. The van der Waals surface area contributed by atoms with Gasteiger partial charge in [-0.1, -0.05) is 0 Å². The van der Waals surface area contributed by atoms with Crippen LogP contribution in [0, 0.1) is 3.57 Å². The third kappa shape index (κ3) is 3.68. The number of hydrogen-bond donors (Lipinski definition) is 2. The topological polar surface area (TPSA) is 58.2 Å². The SMILES string of the molecule is CNS(=O)(=O)c1ccc(Nc2ccc(I)cc2)cc1. The van der Waals surface area contributed by atoms with Crippen molar-refractivity contribution in [3.05, 3.63) is 52.1 Å². The molecule has 0 amide bonds. The summed E-state index contributed by atoms with van der Waals surface area (Å²) in [5.74, 6) is 0. The summed E-state index contributed by atoms with van der Waals surface area (Å²) >= 11 is 2.24. The minimum Gasteiger partial charge on any atom is -0.356 e. The molecule has 0 atom stereocenters. The average Bonchev–Trinajstić information content (AvgIpc) is 2.42. The molecule has 19 heavy (non-hydrogen) atoms. The molecule has 4 nitrogen and oxygen atoms in total. The van der Waals surface area contributed by atoms with Gasteiger partial charge in [-0.2, -0.15) is 0 Å². The average molecular weight is 388 g/mol.